The third kappa shape index (κ3) is 3.19. The van der Waals surface area contributed by atoms with Crippen molar-refractivity contribution in [2.24, 2.45) is 4.99 Å². The summed E-state index contributed by atoms with van der Waals surface area (Å²) >= 11 is 7.37. The molecule has 2 aromatic carbocycles. The SMILES string of the molecule is O=CC1=Nc2cc(=C(O)c3ccc(Cl)s3)c(-c3ccc(C4(CO)CC4)cc3)cc2=C1. The molecular formula is C24H18ClNO3S. The van der Waals surface area contributed by atoms with Gasteiger partial charge >= 0.3 is 0 Å². The van der Waals surface area contributed by atoms with Gasteiger partial charge in [-0.3, -0.25) is 4.79 Å². The summed E-state index contributed by atoms with van der Waals surface area (Å²) in [6.07, 6.45) is 4.47. The molecule has 4 nitrogen and oxygen atoms in total. The lowest BCUT2D eigenvalue weighted by Gasteiger charge is -2.13. The van der Waals surface area contributed by atoms with E-state index in [4.69, 9.17) is 11.6 Å². The molecule has 1 saturated carbocycles. The van der Waals surface area contributed by atoms with Crippen LogP contribution in [-0.4, -0.2) is 28.8 Å². The number of aliphatic hydroxyl groups excluding tert-OH is 2. The van der Waals surface area contributed by atoms with E-state index in [1.165, 1.54) is 11.3 Å². The van der Waals surface area contributed by atoms with Crippen LogP contribution in [-0.2, 0) is 10.2 Å². The topological polar surface area (TPSA) is 69.9 Å². The lowest BCUT2D eigenvalue weighted by atomic mass is 9.93. The summed E-state index contributed by atoms with van der Waals surface area (Å²) in [6, 6.07) is 15.4. The van der Waals surface area contributed by atoms with Gasteiger partial charge in [0.1, 0.15) is 11.5 Å². The van der Waals surface area contributed by atoms with Crippen LogP contribution in [0.2, 0.25) is 4.34 Å². The molecule has 0 spiro atoms. The lowest BCUT2D eigenvalue weighted by Crippen LogP contribution is -2.16. The largest absolute Gasteiger partial charge is 0.506 e. The van der Waals surface area contributed by atoms with Crippen LogP contribution in [0.1, 0.15) is 23.3 Å². The summed E-state index contributed by atoms with van der Waals surface area (Å²) in [4.78, 5) is 16.2. The molecule has 1 aliphatic heterocycles. The average Bonchev–Trinajstić information content (AvgIpc) is 3.28. The number of halogens is 1. The molecule has 0 saturated heterocycles. The van der Waals surface area contributed by atoms with Crippen LogP contribution >= 0.6 is 22.9 Å². The van der Waals surface area contributed by atoms with Crippen molar-refractivity contribution in [1.29, 1.82) is 0 Å². The fraction of sp³-hybridized carbons (Fsp3) is 0.167. The molecule has 2 heterocycles. The van der Waals surface area contributed by atoms with Gasteiger partial charge in [-0.1, -0.05) is 35.9 Å². The zero-order valence-corrected chi connectivity index (χ0v) is 17.5. The number of aliphatic hydroxyl groups is 2. The molecule has 6 heteroatoms. The summed E-state index contributed by atoms with van der Waals surface area (Å²) in [7, 11) is 0. The minimum atomic E-state index is -0.0955. The van der Waals surface area contributed by atoms with Crippen LogP contribution in [0.3, 0.4) is 0 Å². The van der Waals surface area contributed by atoms with Gasteiger partial charge < -0.3 is 10.2 Å². The molecule has 30 heavy (non-hydrogen) atoms. The summed E-state index contributed by atoms with van der Waals surface area (Å²) < 4.78 is 0.594. The molecule has 0 bridgehead atoms. The number of fused-ring (bicyclic) bond motifs is 1. The number of hydrogen-bond donors (Lipinski definition) is 2. The van der Waals surface area contributed by atoms with Crippen molar-refractivity contribution in [3.63, 3.8) is 0 Å². The van der Waals surface area contributed by atoms with E-state index < -0.39 is 0 Å². The van der Waals surface area contributed by atoms with E-state index in [-0.39, 0.29) is 17.8 Å². The fourth-order valence-corrected chi connectivity index (χ4v) is 4.91. The third-order valence-corrected chi connectivity index (χ3v) is 7.10. The van der Waals surface area contributed by atoms with Crippen molar-refractivity contribution in [3.05, 3.63) is 73.7 Å². The highest BCUT2D eigenvalue weighted by Gasteiger charge is 2.43. The standard InChI is InChI=1S/C24H18ClNO3S/c25-22-6-5-21(30-22)23(29)19-11-20-15(9-17(12-27)26-20)10-18(19)14-1-3-16(4-2-14)24(13-28)7-8-24/h1-6,9-12,28-29H,7-8,13H2. The van der Waals surface area contributed by atoms with E-state index in [0.717, 1.165) is 41.0 Å². The van der Waals surface area contributed by atoms with Crippen molar-refractivity contribution in [3.8, 4) is 11.1 Å². The van der Waals surface area contributed by atoms with Crippen molar-refractivity contribution in [2.45, 2.75) is 18.3 Å². The first-order valence-corrected chi connectivity index (χ1v) is 10.8. The van der Waals surface area contributed by atoms with Crippen molar-refractivity contribution in [2.75, 3.05) is 6.61 Å². The second kappa shape index (κ2) is 7.20. The highest BCUT2D eigenvalue weighted by molar-refractivity contribution is 7.17. The Kier molecular flexibility index (Phi) is 4.62. The molecule has 1 aliphatic carbocycles. The number of hydrogen-bond acceptors (Lipinski definition) is 5. The maximum absolute atomic E-state index is 11.2. The Morgan fingerprint density at radius 2 is 1.93 bits per heavy atom. The van der Waals surface area contributed by atoms with E-state index in [0.29, 0.717) is 25.8 Å². The number of nitrogens with zero attached hydrogens (tertiary/aromatic N) is 1. The second-order valence-electron chi connectivity index (χ2n) is 7.72. The highest BCUT2D eigenvalue weighted by Crippen LogP contribution is 2.47. The van der Waals surface area contributed by atoms with Crippen LogP contribution in [0.15, 0.2) is 53.5 Å². The number of rotatable bonds is 5. The Bertz CT molecular complexity index is 1320. The normalized spacial score (nSPS) is 17.1. The molecule has 0 unspecified atom stereocenters. The smallest absolute Gasteiger partial charge is 0.168 e. The number of carbonyl (C=O) groups excluding carboxylic acids is 1. The van der Waals surface area contributed by atoms with Gasteiger partial charge in [-0.2, -0.15) is 0 Å². The monoisotopic (exact) mass is 435 g/mol. The molecule has 3 aromatic rings. The minimum Gasteiger partial charge on any atom is -0.506 e. The zero-order valence-electron chi connectivity index (χ0n) is 15.9. The molecular weight excluding hydrogens is 418 g/mol. The number of aldehydes is 1. The van der Waals surface area contributed by atoms with Gasteiger partial charge in [0, 0.05) is 15.9 Å². The number of benzene rings is 2. The lowest BCUT2D eigenvalue weighted by molar-refractivity contribution is -0.102. The van der Waals surface area contributed by atoms with E-state index in [1.54, 1.807) is 18.2 Å². The molecule has 2 N–H and O–H groups in total. The Balaban J connectivity index is 1.71. The van der Waals surface area contributed by atoms with Gasteiger partial charge in [0.15, 0.2) is 6.29 Å². The second-order valence-corrected chi connectivity index (χ2v) is 9.44. The first-order valence-electron chi connectivity index (χ1n) is 9.63. The summed E-state index contributed by atoms with van der Waals surface area (Å²) in [5, 5.41) is 22.2. The Morgan fingerprint density at radius 1 is 1.17 bits per heavy atom. The van der Waals surface area contributed by atoms with Crippen LogP contribution in [0, 0.1) is 0 Å². The Morgan fingerprint density at radius 3 is 2.53 bits per heavy atom. The van der Waals surface area contributed by atoms with Gasteiger partial charge in [-0.15, -0.1) is 11.3 Å². The van der Waals surface area contributed by atoms with E-state index in [9.17, 15) is 15.0 Å². The first kappa shape index (κ1) is 19.2. The van der Waals surface area contributed by atoms with E-state index in [2.05, 4.69) is 4.99 Å². The quantitative estimate of drug-likeness (QED) is 0.597. The minimum absolute atomic E-state index is 0.0955. The molecule has 0 amide bonds. The molecule has 0 atom stereocenters. The van der Waals surface area contributed by atoms with Gasteiger partial charge in [-0.05, 0) is 59.9 Å². The summed E-state index contributed by atoms with van der Waals surface area (Å²) in [5.74, 6) is 0.123. The van der Waals surface area contributed by atoms with Crippen LogP contribution < -0.4 is 10.4 Å². The zero-order chi connectivity index (χ0) is 20.9. The summed E-state index contributed by atoms with van der Waals surface area (Å²) in [6.45, 7) is 0.158. The number of carbonyl (C=O) groups is 1. The van der Waals surface area contributed by atoms with Crippen LogP contribution in [0.5, 0.6) is 0 Å². The molecule has 150 valence electrons. The Labute approximate surface area is 182 Å². The van der Waals surface area contributed by atoms with Crippen molar-refractivity contribution >= 4 is 52.5 Å². The van der Waals surface area contributed by atoms with Gasteiger partial charge in [0.25, 0.3) is 0 Å². The average molecular weight is 436 g/mol. The van der Waals surface area contributed by atoms with Crippen molar-refractivity contribution in [1.82, 2.24) is 0 Å². The summed E-state index contributed by atoms with van der Waals surface area (Å²) in [5.41, 5.74) is 3.83. The highest BCUT2D eigenvalue weighted by atomic mass is 35.5. The third-order valence-electron chi connectivity index (χ3n) is 5.87. The molecule has 2 aliphatic rings. The molecule has 1 fully saturated rings. The van der Waals surface area contributed by atoms with Crippen LogP contribution in [0.4, 0.5) is 5.69 Å². The van der Waals surface area contributed by atoms with Crippen molar-refractivity contribution < 1.29 is 15.0 Å². The predicted octanol–water partition coefficient (Wildman–Crippen LogP) is 3.87. The molecule has 5 rings (SSSR count). The maximum Gasteiger partial charge on any atom is 0.168 e. The van der Waals surface area contributed by atoms with E-state index >= 15 is 0 Å². The first-order chi connectivity index (χ1) is 14.5. The Hall–Kier alpha value is -2.73. The van der Waals surface area contributed by atoms with Crippen LogP contribution in [0.25, 0.3) is 23.0 Å². The van der Waals surface area contributed by atoms with Gasteiger partial charge in [0.05, 0.1) is 21.5 Å². The molecule has 1 aromatic heterocycles. The van der Waals surface area contributed by atoms with E-state index in [1.807, 2.05) is 36.4 Å². The number of thiophene rings is 1. The maximum atomic E-state index is 11.2. The molecule has 0 radical (unpaired) electrons. The van der Waals surface area contributed by atoms with Gasteiger partial charge in [-0.25, -0.2) is 4.99 Å². The fourth-order valence-electron chi connectivity index (χ4n) is 3.91. The number of aliphatic imine (C=N–C) groups is 1. The predicted molar refractivity (Wildman–Crippen MR) is 121 cm³/mol. The van der Waals surface area contributed by atoms with Gasteiger partial charge in [0.2, 0.25) is 0 Å².